The van der Waals surface area contributed by atoms with Gasteiger partial charge in [-0.15, -0.1) is 0 Å². The lowest BCUT2D eigenvalue weighted by Crippen LogP contribution is -2.12. The van der Waals surface area contributed by atoms with Crippen LogP contribution < -0.4 is 0 Å². The lowest BCUT2D eigenvalue weighted by atomic mass is 9.75. The number of hydrogen-bond acceptors (Lipinski definition) is 1. The van der Waals surface area contributed by atoms with Crippen LogP contribution in [0.1, 0.15) is 99.7 Å². The molecule has 0 aliphatic heterocycles. The van der Waals surface area contributed by atoms with E-state index >= 15 is 0 Å². The van der Waals surface area contributed by atoms with Gasteiger partial charge in [0.25, 0.3) is 0 Å². The monoisotopic (exact) mass is 383 g/mol. The van der Waals surface area contributed by atoms with Gasteiger partial charge in [0.1, 0.15) is 0 Å². The van der Waals surface area contributed by atoms with Crippen molar-refractivity contribution in [3.63, 3.8) is 0 Å². The normalized spacial score (nSPS) is 22.6. The van der Waals surface area contributed by atoms with Crippen molar-refractivity contribution in [3.8, 4) is 11.3 Å². The highest BCUT2D eigenvalue weighted by molar-refractivity contribution is 5.87. The van der Waals surface area contributed by atoms with E-state index in [2.05, 4.69) is 62.5 Å². The van der Waals surface area contributed by atoms with Crippen LogP contribution in [0.2, 0.25) is 0 Å². The topological polar surface area (TPSA) is 12.9 Å². The molecular formula is C28H33N. The minimum absolute atomic E-state index is 0.670. The Bertz CT molecular complexity index is 1010. The molecule has 2 aliphatic carbocycles. The van der Waals surface area contributed by atoms with Gasteiger partial charge in [0.05, 0.1) is 5.69 Å². The summed E-state index contributed by atoms with van der Waals surface area (Å²) in [6, 6.07) is 16.4. The second kappa shape index (κ2) is 7.94. The first-order chi connectivity index (χ1) is 14.2. The summed E-state index contributed by atoms with van der Waals surface area (Å²) >= 11 is 0. The van der Waals surface area contributed by atoms with Crippen LogP contribution in [-0.2, 0) is 0 Å². The summed E-state index contributed by atoms with van der Waals surface area (Å²) in [7, 11) is 0. The molecule has 2 aromatic carbocycles. The van der Waals surface area contributed by atoms with Crippen molar-refractivity contribution >= 4 is 10.8 Å². The zero-order valence-electron chi connectivity index (χ0n) is 18.0. The summed E-state index contributed by atoms with van der Waals surface area (Å²) in [5, 5.41) is 2.64. The van der Waals surface area contributed by atoms with Crippen LogP contribution in [0.5, 0.6) is 0 Å². The Kier molecular flexibility index (Phi) is 5.16. The van der Waals surface area contributed by atoms with E-state index in [-0.39, 0.29) is 0 Å². The summed E-state index contributed by atoms with van der Waals surface area (Å²) < 4.78 is 0. The number of hydrogen-bond donors (Lipinski definition) is 0. The van der Waals surface area contributed by atoms with Gasteiger partial charge < -0.3 is 0 Å². The fourth-order valence-corrected chi connectivity index (χ4v) is 5.74. The smallest absolute Gasteiger partial charge is 0.0708 e. The fourth-order valence-electron chi connectivity index (χ4n) is 5.74. The summed E-state index contributed by atoms with van der Waals surface area (Å²) in [4.78, 5) is 4.88. The number of rotatable bonds is 3. The molecule has 2 atom stereocenters. The van der Waals surface area contributed by atoms with Crippen LogP contribution in [0.4, 0.5) is 0 Å². The summed E-state index contributed by atoms with van der Waals surface area (Å²) in [6.07, 6.45) is 12.8. The predicted octanol–water partition coefficient (Wildman–Crippen LogP) is 8.34. The van der Waals surface area contributed by atoms with E-state index in [4.69, 9.17) is 4.98 Å². The van der Waals surface area contributed by atoms with E-state index in [1.54, 1.807) is 11.1 Å². The van der Waals surface area contributed by atoms with Crippen molar-refractivity contribution in [1.82, 2.24) is 4.98 Å². The van der Waals surface area contributed by atoms with E-state index in [1.807, 2.05) is 0 Å². The molecule has 150 valence electrons. The zero-order chi connectivity index (χ0) is 19.8. The van der Waals surface area contributed by atoms with Gasteiger partial charge >= 0.3 is 0 Å². The minimum Gasteiger partial charge on any atom is -0.256 e. The first-order valence-corrected chi connectivity index (χ1v) is 11.8. The first-order valence-electron chi connectivity index (χ1n) is 11.8. The van der Waals surface area contributed by atoms with Crippen LogP contribution in [-0.4, -0.2) is 4.98 Å². The Hall–Kier alpha value is -2.15. The fraction of sp³-hybridized carbons (Fsp3) is 0.464. The second-order valence-corrected chi connectivity index (χ2v) is 9.44. The molecule has 1 aromatic heterocycles. The average molecular weight is 384 g/mol. The number of benzene rings is 2. The quantitative estimate of drug-likeness (QED) is 0.443. The van der Waals surface area contributed by atoms with Crippen LogP contribution in [0.25, 0.3) is 22.0 Å². The van der Waals surface area contributed by atoms with Crippen molar-refractivity contribution in [2.45, 2.75) is 83.0 Å². The Morgan fingerprint density at radius 3 is 2.52 bits per heavy atom. The van der Waals surface area contributed by atoms with Gasteiger partial charge in [-0.05, 0) is 90.1 Å². The Labute approximate surface area is 175 Å². The summed E-state index contributed by atoms with van der Waals surface area (Å²) in [6.45, 7) is 4.72. The molecule has 5 rings (SSSR count). The van der Waals surface area contributed by atoms with Crippen LogP contribution in [0.3, 0.4) is 0 Å². The molecule has 1 nitrogen and oxygen atoms in total. The maximum atomic E-state index is 4.88. The van der Waals surface area contributed by atoms with E-state index in [0.29, 0.717) is 5.92 Å². The van der Waals surface area contributed by atoms with Gasteiger partial charge in [0.2, 0.25) is 0 Å². The molecule has 0 amide bonds. The molecule has 1 heterocycles. The molecule has 1 heteroatoms. The number of aromatic nitrogens is 1. The summed E-state index contributed by atoms with van der Waals surface area (Å²) in [5.41, 5.74) is 7.04. The Balaban J connectivity index is 1.53. The largest absolute Gasteiger partial charge is 0.256 e. The highest BCUT2D eigenvalue weighted by Gasteiger charge is 2.24. The number of pyridine rings is 1. The van der Waals surface area contributed by atoms with Gasteiger partial charge in [-0.1, -0.05) is 57.4 Å². The third-order valence-corrected chi connectivity index (χ3v) is 7.59. The predicted molar refractivity (Wildman–Crippen MR) is 124 cm³/mol. The third-order valence-electron chi connectivity index (χ3n) is 7.59. The maximum Gasteiger partial charge on any atom is 0.0708 e. The van der Waals surface area contributed by atoms with Gasteiger partial charge in [-0.2, -0.15) is 0 Å². The van der Waals surface area contributed by atoms with Crippen molar-refractivity contribution in [1.29, 1.82) is 0 Å². The Morgan fingerprint density at radius 1 is 0.862 bits per heavy atom. The van der Waals surface area contributed by atoms with Gasteiger partial charge in [0.15, 0.2) is 0 Å². The highest BCUT2D eigenvalue weighted by Crippen LogP contribution is 2.42. The van der Waals surface area contributed by atoms with E-state index < -0.39 is 0 Å². The molecule has 1 saturated carbocycles. The van der Waals surface area contributed by atoms with Gasteiger partial charge in [-0.3, -0.25) is 4.98 Å². The van der Waals surface area contributed by atoms with Crippen molar-refractivity contribution in [2.24, 2.45) is 0 Å². The minimum atomic E-state index is 0.670. The molecule has 0 saturated heterocycles. The third kappa shape index (κ3) is 3.61. The lowest BCUT2D eigenvalue weighted by Gasteiger charge is -2.29. The average Bonchev–Trinajstić information content (AvgIpc) is 2.79. The van der Waals surface area contributed by atoms with E-state index in [0.717, 1.165) is 17.5 Å². The van der Waals surface area contributed by atoms with Crippen LogP contribution in [0.15, 0.2) is 48.7 Å². The van der Waals surface area contributed by atoms with E-state index in [1.165, 1.54) is 73.3 Å². The van der Waals surface area contributed by atoms with Crippen LogP contribution in [0, 0.1) is 0 Å². The maximum absolute atomic E-state index is 4.88. The molecule has 0 bridgehead atoms. The zero-order valence-corrected chi connectivity index (χ0v) is 18.0. The molecule has 0 spiro atoms. The first kappa shape index (κ1) is 18.9. The van der Waals surface area contributed by atoms with Crippen molar-refractivity contribution < 1.29 is 0 Å². The highest BCUT2D eigenvalue weighted by atomic mass is 14.7. The standard InChI is InChI=1S/C28H33N/c1-3-20-13-12-19(2)26-15-24-17-28(29-18-25(24)16-27(20)26)23-11-7-10-22(14-23)21-8-5-4-6-9-21/h7,10-11,14-21H,3-6,8-9,12-13H2,1-2H3. The molecule has 0 radical (unpaired) electrons. The molecular weight excluding hydrogens is 350 g/mol. The molecule has 3 aromatic rings. The van der Waals surface area contributed by atoms with Crippen molar-refractivity contribution in [2.75, 3.05) is 0 Å². The molecule has 1 fully saturated rings. The van der Waals surface area contributed by atoms with Crippen molar-refractivity contribution in [3.05, 3.63) is 65.4 Å². The number of nitrogens with zero attached hydrogens (tertiary/aromatic N) is 1. The summed E-state index contributed by atoms with van der Waals surface area (Å²) in [5.74, 6) is 2.13. The molecule has 29 heavy (non-hydrogen) atoms. The SMILES string of the molecule is CCC1CCC(C)c2cc3cc(-c4cccc(C5CCCCC5)c4)ncc3cc21. The molecule has 2 aliphatic rings. The second-order valence-electron chi connectivity index (χ2n) is 9.44. The van der Waals surface area contributed by atoms with Gasteiger partial charge in [-0.25, -0.2) is 0 Å². The number of fused-ring (bicyclic) bond motifs is 2. The molecule has 0 N–H and O–H groups in total. The van der Waals surface area contributed by atoms with Gasteiger partial charge in [0, 0.05) is 17.1 Å². The molecule has 2 unspecified atom stereocenters. The van der Waals surface area contributed by atoms with E-state index in [9.17, 15) is 0 Å². The van der Waals surface area contributed by atoms with Crippen LogP contribution >= 0.6 is 0 Å². The lowest BCUT2D eigenvalue weighted by molar-refractivity contribution is 0.443. The Morgan fingerprint density at radius 2 is 1.69 bits per heavy atom.